The van der Waals surface area contributed by atoms with Crippen LogP contribution in [-0.2, 0) is 12.7 Å². The predicted molar refractivity (Wildman–Crippen MR) is 93.3 cm³/mol. The minimum absolute atomic E-state index is 0.285. The summed E-state index contributed by atoms with van der Waals surface area (Å²) < 4.78 is 48.2. The van der Waals surface area contributed by atoms with Gasteiger partial charge in [-0.1, -0.05) is 12.1 Å². The molecule has 0 bridgehead atoms. The first-order valence-electron chi connectivity index (χ1n) is 8.03. The first kappa shape index (κ1) is 20.5. The first-order chi connectivity index (χ1) is 12.8. The van der Waals surface area contributed by atoms with E-state index in [1.54, 1.807) is 12.1 Å². The van der Waals surface area contributed by atoms with Crippen LogP contribution in [0.4, 0.5) is 13.2 Å². The monoisotopic (exact) mass is 383 g/mol. The third-order valence-electron chi connectivity index (χ3n) is 3.71. The normalized spacial score (nSPS) is 11.1. The zero-order chi connectivity index (χ0) is 19.9. The van der Waals surface area contributed by atoms with Crippen molar-refractivity contribution in [3.63, 3.8) is 0 Å². The number of carbonyl (C=O) groups excluding carboxylic acids is 1. The molecule has 0 saturated carbocycles. The molecular formula is C18H20F3N3O3. The van der Waals surface area contributed by atoms with Crippen molar-refractivity contribution in [3.8, 4) is 11.5 Å². The fourth-order valence-corrected chi connectivity index (χ4v) is 2.31. The SMILES string of the molecule is COc1cc(OCCNCc2ccc(C(F)(F)F)cc2)ccc1C(=O)NN. The van der Waals surface area contributed by atoms with E-state index >= 15 is 0 Å². The number of methoxy groups -OCH3 is 1. The number of nitrogens with two attached hydrogens (primary N) is 1. The summed E-state index contributed by atoms with van der Waals surface area (Å²) in [7, 11) is 1.43. The van der Waals surface area contributed by atoms with E-state index in [0.717, 1.165) is 17.7 Å². The summed E-state index contributed by atoms with van der Waals surface area (Å²) in [5, 5.41) is 3.08. The molecule has 4 N–H and O–H groups in total. The predicted octanol–water partition coefficient (Wildman–Crippen LogP) is 2.49. The van der Waals surface area contributed by atoms with E-state index in [-0.39, 0.29) is 5.56 Å². The van der Waals surface area contributed by atoms with Crippen LogP contribution in [-0.4, -0.2) is 26.2 Å². The summed E-state index contributed by atoms with van der Waals surface area (Å²) in [5.41, 5.74) is 2.38. The van der Waals surface area contributed by atoms with Crippen molar-refractivity contribution in [2.45, 2.75) is 12.7 Å². The minimum Gasteiger partial charge on any atom is -0.496 e. The molecular weight excluding hydrogens is 363 g/mol. The Bertz CT molecular complexity index is 765. The third-order valence-corrected chi connectivity index (χ3v) is 3.71. The van der Waals surface area contributed by atoms with Crippen molar-refractivity contribution < 1.29 is 27.4 Å². The van der Waals surface area contributed by atoms with Gasteiger partial charge in [-0.2, -0.15) is 13.2 Å². The van der Waals surface area contributed by atoms with Gasteiger partial charge in [0.25, 0.3) is 5.91 Å². The molecule has 0 aliphatic heterocycles. The van der Waals surface area contributed by atoms with Crippen molar-refractivity contribution in [1.82, 2.24) is 10.7 Å². The van der Waals surface area contributed by atoms with Gasteiger partial charge in [-0.05, 0) is 29.8 Å². The van der Waals surface area contributed by atoms with Crippen LogP contribution < -0.4 is 26.1 Å². The number of halogens is 3. The maximum absolute atomic E-state index is 12.5. The second-order valence-electron chi connectivity index (χ2n) is 5.56. The average molecular weight is 383 g/mol. The lowest BCUT2D eigenvalue weighted by Crippen LogP contribution is -2.30. The maximum Gasteiger partial charge on any atom is 0.416 e. The molecule has 0 aliphatic rings. The summed E-state index contributed by atoms with van der Waals surface area (Å²) >= 11 is 0. The van der Waals surface area contributed by atoms with Crippen molar-refractivity contribution in [2.75, 3.05) is 20.3 Å². The van der Waals surface area contributed by atoms with Gasteiger partial charge >= 0.3 is 6.18 Å². The molecule has 2 rings (SSSR count). The Labute approximate surface area is 154 Å². The van der Waals surface area contributed by atoms with Crippen LogP contribution >= 0.6 is 0 Å². The lowest BCUT2D eigenvalue weighted by Gasteiger charge is -2.12. The number of nitrogen functional groups attached to an aromatic ring is 1. The second kappa shape index (κ2) is 9.24. The van der Waals surface area contributed by atoms with Crippen molar-refractivity contribution in [2.24, 2.45) is 5.84 Å². The van der Waals surface area contributed by atoms with Crippen LogP contribution in [0.1, 0.15) is 21.5 Å². The lowest BCUT2D eigenvalue weighted by atomic mass is 10.1. The second-order valence-corrected chi connectivity index (χ2v) is 5.56. The van der Waals surface area contributed by atoms with Gasteiger partial charge in [0.15, 0.2) is 0 Å². The van der Waals surface area contributed by atoms with Gasteiger partial charge < -0.3 is 14.8 Å². The maximum atomic E-state index is 12.5. The molecule has 0 saturated heterocycles. The highest BCUT2D eigenvalue weighted by Crippen LogP contribution is 2.29. The van der Waals surface area contributed by atoms with E-state index in [2.05, 4.69) is 5.32 Å². The highest BCUT2D eigenvalue weighted by atomic mass is 19.4. The number of hydrogen-bond acceptors (Lipinski definition) is 5. The van der Waals surface area contributed by atoms with Crippen molar-refractivity contribution in [3.05, 3.63) is 59.2 Å². The Morgan fingerprint density at radius 3 is 2.44 bits per heavy atom. The van der Waals surface area contributed by atoms with Gasteiger partial charge in [0.1, 0.15) is 18.1 Å². The fourth-order valence-electron chi connectivity index (χ4n) is 2.31. The average Bonchev–Trinajstić information content (AvgIpc) is 2.66. The molecule has 0 unspecified atom stereocenters. The van der Waals surface area contributed by atoms with Crippen LogP contribution in [0.2, 0.25) is 0 Å². The van der Waals surface area contributed by atoms with Gasteiger partial charge in [0.2, 0.25) is 0 Å². The quantitative estimate of drug-likeness (QED) is 0.282. The molecule has 146 valence electrons. The Balaban J connectivity index is 1.79. The molecule has 0 fully saturated rings. The first-order valence-corrected chi connectivity index (χ1v) is 8.03. The van der Waals surface area contributed by atoms with Crippen LogP contribution in [0.5, 0.6) is 11.5 Å². The molecule has 0 spiro atoms. The number of amides is 1. The Kier molecular flexibility index (Phi) is 7.03. The molecule has 0 aromatic heterocycles. The van der Waals surface area contributed by atoms with E-state index in [0.29, 0.717) is 31.2 Å². The molecule has 1 amide bonds. The number of alkyl halides is 3. The van der Waals surface area contributed by atoms with Gasteiger partial charge in [0, 0.05) is 19.2 Å². The summed E-state index contributed by atoms with van der Waals surface area (Å²) in [6, 6.07) is 9.69. The van der Waals surface area contributed by atoms with Gasteiger partial charge in [0.05, 0.1) is 18.2 Å². The van der Waals surface area contributed by atoms with E-state index in [9.17, 15) is 18.0 Å². The Hall–Kier alpha value is -2.78. The van der Waals surface area contributed by atoms with Crippen LogP contribution in [0.3, 0.4) is 0 Å². The van der Waals surface area contributed by atoms with Crippen molar-refractivity contribution >= 4 is 5.91 Å². The van der Waals surface area contributed by atoms with E-state index in [1.807, 2.05) is 5.43 Å². The largest absolute Gasteiger partial charge is 0.496 e. The van der Waals surface area contributed by atoms with E-state index < -0.39 is 17.6 Å². The molecule has 2 aromatic rings. The zero-order valence-corrected chi connectivity index (χ0v) is 14.6. The summed E-state index contributed by atoms with van der Waals surface area (Å²) in [5.74, 6) is 5.47. The smallest absolute Gasteiger partial charge is 0.416 e. The topological polar surface area (TPSA) is 85.6 Å². The van der Waals surface area contributed by atoms with Gasteiger partial charge in [-0.3, -0.25) is 10.2 Å². The van der Waals surface area contributed by atoms with Crippen LogP contribution in [0.25, 0.3) is 0 Å². The van der Waals surface area contributed by atoms with E-state index in [4.69, 9.17) is 15.3 Å². The summed E-state index contributed by atoms with van der Waals surface area (Å²) in [6.07, 6.45) is -4.33. The number of rotatable bonds is 8. The number of carbonyl (C=O) groups is 1. The summed E-state index contributed by atoms with van der Waals surface area (Å²) in [4.78, 5) is 11.6. The van der Waals surface area contributed by atoms with Gasteiger partial charge in [-0.15, -0.1) is 0 Å². The van der Waals surface area contributed by atoms with Gasteiger partial charge in [-0.25, -0.2) is 5.84 Å². The number of benzene rings is 2. The molecule has 0 heterocycles. The standard InChI is InChI=1S/C18H20F3N3O3/c1-26-16-10-14(6-7-15(16)17(25)24-22)27-9-8-23-11-12-2-4-13(5-3-12)18(19,20)21/h2-7,10,23H,8-9,11,22H2,1H3,(H,24,25). The highest BCUT2D eigenvalue weighted by molar-refractivity contribution is 5.96. The van der Waals surface area contributed by atoms with Crippen LogP contribution in [0, 0.1) is 0 Å². The fraction of sp³-hybridized carbons (Fsp3) is 0.278. The number of hydrogen-bond donors (Lipinski definition) is 3. The number of hydrazine groups is 1. The minimum atomic E-state index is -4.33. The lowest BCUT2D eigenvalue weighted by molar-refractivity contribution is -0.137. The molecule has 6 nitrogen and oxygen atoms in total. The Morgan fingerprint density at radius 2 is 1.85 bits per heavy atom. The summed E-state index contributed by atoms with van der Waals surface area (Å²) in [6.45, 7) is 1.22. The molecule has 27 heavy (non-hydrogen) atoms. The number of nitrogens with one attached hydrogen (secondary N) is 2. The third kappa shape index (κ3) is 5.87. The number of ether oxygens (including phenoxy) is 2. The molecule has 2 aromatic carbocycles. The zero-order valence-electron chi connectivity index (χ0n) is 14.6. The molecule has 0 atom stereocenters. The molecule has 9 heteroatoms. The molecule has 0 radical (unpaired) electrons. The van der Waals surface area contributed by atoms with E-state index in [1.165, 1.54) is 25.3 Å². The Morgan fingerprint density at radius 1 is 1.15 bits per heavy atom. The molecule has 0 aliphatic carbocycles. The highest BCUT2D eigenvalue weighted by Gasteiger charge is 2.29. The van der Waals surface area contributed by atoms with Crippen molar-refractivity contribution in [1.29, 1.82) is 0 Å². The van der Waals surface area contributed by atoms with Crippen LogP contribution in [0.15, 0.2) is 42.5 Å².